The lowest BCUT2D eigenvalue weighted by molar-refractivity contribution is -0.140. The number of aliphatic carboxylic acids is 1. The number of carboxylic acids is 1. The minimum atomic E-state index is -0.790. The summed E-state index contributed by atoms with van der Waals surface area (Å²) in [7, 11) is 1.66. The van der Waals surface area contributed by atoms with Gasteiger partial charge in [-0.1, -0.05) is 6.92 Å². The molecule has 17 heavy (non-hydrogen) atoms. The van der Waals surface area contributed by atoms with Crippen molar-refractivity contribution in [1.82, 2.24) is 10.2 Å². The average molecular weight is 246 g/mol. The Morgan fingerprint density at radius 2 is 2.12 bits per heavy atom. The molecule has 0 aliphatic rings. The predicted octanol–water partition coefficient (Wildman–Crippen LogP) is 0.796. The Kier molecular flexibility index (Phi) is 9.03. The highest BCUT2D eigenvalue weighted by Gasteiger charge is 2.21. The van der Waals surface area contributed by atoms with Gasteiger partial charge in [-0.3, -0.25) is 9.69 Å². The van der Waals surface area contributed by atoms with Crippen molar-refractivity contribution in [2.75, 3.05) is 33.4 Å². The molecule has 0 fully saturated rings. The van der Waals surface area contributed by atoms with Crippen molar-refractivity contribution >= 4 is 5.97 Å². The summed E-state index contributed by atoms with van der Waals surface area (Å²) in [5.41, 5.74) is 0. The largest absolute Gasteiger partial charge is 0.480 e. The molecule has 0 spiro atoms. The van der Waals surface area contributed by atoms with Crippen LogP contribution in [0.2, 0.25) is 0 Å². The molecule has 5 heteroatoms. The van der Waals surface area contributed by atoms with Crippen LogP contribution in [0.15, 0.2) is 0 Å². The molecule has 0 heterocycles. The predicted molar refractivity (Wildman–Crippen MR) is 68.3 cm³/mol. The molecule has 0 rings (SSSR count). The highest BCUT2D eigenvalue weighted by atomic mass is 16.5. The topological polar surface area (TPSA) is 61.8 Å². The standard InChI is InChI=1S/C12H26N2O3/c1-5-6-13-11(12(15)16)9-14(10(2)3)7-8-17-4/h10-11,13H,5-9H2,1-4H3,(H,15,16). The third-order valence-corrected chi connectivity index (χ3v) is 2.67. The number of carbonyl (C=O) groups is 1. The quantitative estimate of drug-likeness (QED) is 0.597. The molecule has 0 aromatic carbocycles. The van der Waals surface area contributed by atoms with Crippen molar-refractivity contribution in [3.05, 3.63) is 0 Å². The minimum Gasteiger partial charge on any atom is -0.480 e. The van der Waals surface area contributed by atoms with E-state index in [2.05, 4.69) is 24.1 Å². The molecule has 5 nitrogen and oxygen atoms in total. The second-order valence-corrected chi connectivity index (χ2v) is 4.43. The minimum absolute atomic E-state index is 0.315. The van der Waals surface area contributed by atoms with Gasteiger partial charge in [0.15, 0.2) is 0 Å². The van der Waals surface area contributed by atoms with Crippen LogP contribution < -0.4 is 5.32 Å². The summed E-state index contributed by atoms with van der Waals surface area (Å²) in [6, 6.07) is -0.190. The highest BCUT2D eigenvalue weighted by Crippen LogP contribution is 2.01. The number of hydrogen-bond donors (Lipinski definition) is 2. The van der Waals surface area contributed by atoms with Gasteiger partial charge in [-0.15, -0.1) is 0 Å². The van der Waals surface area contributed by atoms with Gasteiger partial charge in [0.1, 0.15) is 6.04 Å². The summed E-state index contributed by atoms with van der Waals surface area (Å²) in [5.74, 6) is -0.790. The monoisotopic (exact) mass is 246 g/mol. The molecule has 0 aliphatic heterocycles. The third-order valence-electron chi connectivity index (χ3n) is 2.67. The lowest BCUT2D eigenvalue weighted by Gasteiger charge is -2.29. The summed E-state index contributed by atoms with van der Waals surface area (Å²) in [4.78, 5) is 13.2. The lowest BCUT2D eigenvalue weighted by atomic mass is 10.2. The molecule has 0 aliphatic carbocycles. The fourth-order valence-electron chi connectivity index (χ4n) is 1.55. The van der Waals surface area contributed by atoms with Crippen molar-refractivity contribution in [3.8, 4) is 0 Å². The smallest absolute Gasteiger partial charge is 0.322 e. The second kappa shape index (κ2) is 9.39. The molecule has 1 atom stereocenters. The lowest BCUT2D eigenvalue weighted by Crippen LogP contribution is -2.49. The van der Waals surface area contributed by atoms with Crippen molar-refractivity contribution < 1.29 is 14.6 Å². The van der Waals surface area contributed by atoms with Gasteiger partial charge >= 0.3 is 5.97 Å². The maximum Gasteiger partial charge on any atom is 0.322 e. The van der Waals surface area contributed by atoms with Gasteiger partial charge in [-0.25, -0.2) is 0 Å². The Morgan fingerprint density at radius 3 is 2.53 bits per heavy atom. The van der Waals surface area contributed by atoms with Crippen LogP contribution in [0.5, 0.6) is 0 Å². The van der Waals surface area contributed by atoms with Gasteiger partial charge < -0.3 is 15.2 Å². The zero-order chi connectivity index (χ0) is 13.3. The van der Waals surface area contributed by atoms with Gasteiger partial charge in [-0.05, 0) is 26.8 Å². The van der Waals surface area contributed by atoms with Crippen molar-refractivity contribution in [1.29, 1.82) is 0 Å². The van der Waals surface area contributed by atoms with Crippen LogP contribution in [-0.4, -0.2) is 61.4 Å². The van der Waals surface area contributed by atoms with Crippen LogP contribution in [0.1, 0.15) is 27.2 Å². The van der Waals surface area contributed by atoms with Crippen LogP contribution in [0.25, 0.3) is 0 Å². The van der Waals surface area contributed by atoms with Gasteiger partial charge in [0.05, 0.1) is 6.61 Å². The third kappa shape index (κ3) is 7.31. The first kappa shape index (κ1) is 16.4. The molecule has 0 saturated carbocycles. The van der Waals surface area contributed by atoms with E-state index in [0.29, 0.717) is 19.2 Å². The van der Waals surface area contributed by atoms with E-state index in [1.807, 2.05) is 6.92 Å². The highest BCUT2D eigenvalue weighted by molar-refractivity contribution is 5.73. The van der Waals surface area contributed by atoms with Crippen molar-refractivity contribution in [2.45, 2.75) is 39.3 Å². The number of ether oxygens (including phenoxy) is 1. The summed E-state index contributed by atoms with van der Waals surface area (Å²) < 4.78 is 5.04. The van der Waals surface area contributed by atoms with Crippen LogP contribution in [0.3, 0.4) is 0 Å². The van der Waals surface area contributed by atoms with Crippen LogP contribution >= 0.6 is 0 Å². The second-order valence-electron chi connectivity index (χ2n) is 4.43. The van der Waals surface area contributed by atoms with Crippen molar-refractivity contribution in [3.63, 3.8) is 0 Å². The van der Waals surface area contributed by atoms with E-state index < -0.39 is 12.0 Å². The van der Waals surface area contributed by atoms with E-state index in [-0.39, 0.29) is 0 Å². The Morgan fingerprint density at radius 1 is 1.47 bits per heavy atom. The van der Waals surface area contributed by atoms with Gasteiger partial charge in [0.25, 0.3) is 0 Å². The van der Waals surface area contributed by atoms with E-state index >= 15 is 0 Å². The molecule has 0 aromatic rings. The number of rotatable bonds is 10. The molecule has 2 N–H and O–H groups in total. The van der Waals surface area contributed by atoms with E-state index in [4.69, 9.17) is 9.84 Å². The normalized spacial score (nSPS) is 13.3. The van der Waals surface area contributed by atoms with E-state index in [9.17, 15) is 4.79 Å². The van der Waals surface area contributed by atoms with E-state index in [0.717, 1.165) is 19.5 Å². The summed E-state index contributed by atoms with van der Waals surface area (Å²) in [5, 5.41) is 12.2. The fourth-order valence-corrected chi connectivity index (χ4v) is 1.55. The first-order valence-corrected chi connectivity index (χ1v) is 6.22. The number of nitrogens with zero attached hydrogens (tertiary/aromatic N) is 1. The van der Waals surface area contributed by atoms with Gasteiger partial charge in [0.2, 0.25) is 0 Å². The molecular weight excluding hydrogens is 220 g/mol. The Labute approximate surface area is 104 Å². The molecule has 0 radical (unpaired) electrons. The number of carboxylic acid groups (broad SMARTS) is 1. The SMILES string of the molecule is CCCNC(CN(CCOC)C(C)C)C(=O)O. The molecular formula is C12H26N2O3. The molecule has 102 valence electrons. The Hall–Kier alpha value is -0.650. The summed E-state index contributed by atoms with van der Waals surface area (Å²) in [6.45, 7) is 8.77. The molecule has 0 amide bonds. The number of hydrogen-bond acceptors (Lipinski definition) is 4. The molecule has 0 saturated heterocycles. The maximum atomic E-state index is 11.1. The van der Waals surface area contributed by atoms with E-state index in [1.165, 1.54) is 0 Å². The van der Waals surface area contributed by atoms with Gasteiger partial charge in [-0.2, -0.15) is 0 Å². The number of methoxy groups -OCH3 is 1. The maximum absolute atomic E-state index is 11.1. The number of nitrogens with one attached hydrogen (secondary N) is 1. The molecule has 0 aromatic heterocycles. The van der Waals surface area contributed by atoms with Crippen LogP contribution in [0, 0.1) is 0 Å². The van der Waals surface area contributed by atoms with Crippen molar-refractivity contribution in [2.24, 2.45) is 0 Å². The van der Waals surface area contributed by atoms with E-state index in [1.54, 1.807) is 7.11 Å². The zero-order valence-corrected chi connectivity index (χ0v) is 11.4. The summed E-state index contributed by atoms with van der Waals surface area (Å²) in [6.07, 6.45) is 0.934. The fraction of sp³-hybridized carbons (Fsp3) is 0.917. The first-order chi connectivity index (χ1) is 8.02. The molecule has 0 bridgehead atoms. The van der Waals surface area contributed by atoms with Gasteiger partial charge in [0, 0.05) is 26.2 Å². The first-order valence-electron chi connectivity index (χ1n) is 6.22. The van der Waals surface area contributed by atoms with Crippen LogP contribution in [0.4, 0.5) is 0 Å². The zero-order valence-electron chi connectivity index (χ0n) is 11.4. The molecule has 1 unspecified atom stereocenters. The summed E-state index contributed by atoms with van der Waals surface area (Å²) >= 11 is 0. The van der Waals surface area contributed by atoms with Crippen LogP contribution in [-0.2, 0) is 9.53 Å². The Balaban J connectivity index is 4.29. The Bertz CT molecular complexity index is 210. The average Bonchev–Trinajstić information content (AvgIpc) is 2.27.